The number of nitrogens with one attached hydrogen (secondary N) is 1. The summed E-state index contributed by atoms with van der Waals surface area (Å²) in [4.78, 5) is 30.4. The molecule has 0 unspecified atom stereocenters. The van der Waals surface area contributed by atoms with Gasteiger partial charge in [-0.1, -0.05) is 11.6 Å². The van der Waals surface area contributed by atoms with Gasteiger partial charge in [0.05, 0.1) is 17.1 Å². The topological polar surface area (TPSA) is 79.2 Å². The monoisotopic (exact) mass is 509 g/mol. The molecule has 2 aromatic heterocycles. The van der Waals surface area contributed by atoms with Crippen molar-refractivity contribution in [3.05, 3.63) is 53.0 Å². The Kier molecular flexibility index (Phi) is 6.35. The molecule has 0 radical (unpaired) electrons. The number of aromatic nitrogens is 4. The van der Waals surface area contributed by atoms with Gasteiger partial charge in [0.1, 0.15) is 29.6 Å². The summed E-state index contributed by atoms with van der Waals surface area (Å²) in [5, 5.41) is 2.93. The van der Waals surface area contributed by atoms with E-state index < -0.39 is 5.82 Å². The zero-order chi connectivity index (χ0) is 24.6. The van der Waals surface area contributed by atoms with Crippen molar-refractivity contribution < 1.29 is 9.18 Å². The number of benzene rings is 1. The molecule has 6 rings (SSSR count). The first-order valence-corrected chi connectivity index (χ1v) is 13.1. The first-order valence-electron chi connectivity index (χ1n) is 12.7. The number of carbonyl (C=O) groups excluding carboxylic acids is 1. The number of halogens is 2. The highest BCUT2D eigenvalue weighted by Crippen LogP contribution is 2.35. The molecule has 0 aliphatic carbocycles. The average molecular weight is 510 g/mol. The fourth-order valence-electron chi connectivity index (χ4n) is 5.62. The number of carbonyl (C=O) groups is 1. The van der Waals surface area contributed by atoms with Crippen LogP contribution in [-0.4, -0.2) is 63.0 Å². The lowest BCUT2D eigenvalue weighted by Gasteiger charge is -2.33. The number of imidazole rings is 1. The maximum atomic E-state index is 13.8. The van der Waals surface area contributed by atoms with Crippen molar-refractivity contribution in [1.29, 1.82) is 0 Å². The SMILES string of the molecule is O=C1Cc2c(ncnc2N2CCC(c3nc(-c4ccc(F)c(Cl)c4)cn3CCN3CCCC3)CC2)N1. The molecule has 0 bridgehead atoms. The van der Waals surface area contributed by atoms with Crippen LogP contribution in [0.2, 0.25) is 5.02 Å². The second-order valence-corrected chi connectivity index (χ2v) is 10.3. The van der Waals surface area contributed by atoms with Crippen LogP contribution in [0.4, 0.5) is 16.0 Å². The van der Waals surface area contributed by atoms with E-state index in [0.29, 0.717) is 18.2 Å². The van der Waals surface area contributed by atoms with Crippen LogP contribution in [0.25, 0.3) is 11.3 Å². The van der Waals surface area contributed by atoms with Gasteiger partial charge < -0.3 is 19.7 Å². The summed E-state index contributed by atoms with van der Waals surface area (Å²) < 4.78 is 16.1. The Morgan fingerprint density at radius 2 is 1.89 bits per heavy atom. The van der Waals surface area contributed by atoms with Crippen molar-refractivity contribution in [2.45, 2.75) is 44.6 Å². The van der Waals surface area contributed by atoms with E-state index in [0.717, 1.165) is 80.6 Å². The number of rotatable bonds is 6. The molecule has 5 heterocycles. The summed E-state index contributed by atoms with van der Waals surface area (Å²) >= 11 is 6.07. The highest BCUT2D eigenvalue weighted by molar-refractivity contribution is 6.31. The Morgan fingerprint density at radius 1 is 1.08 bits per heavy atom. The number of piperidine rings is 1. The van der Waals surface area contributed by atoms with Crippen molar-refractivity contribution in [2.24, 2.45) is 0 Å². The lowest BCUT2D eigenvalue weighted by atomic mass is 9.95. The average Bonchev–Trinajstić information content (AvgIpc) is 3.63. The molecule has 2 saturated heterocycles. The van der Waals surface area contributed by atoms with Crippen LogP contribution in [0, 0.1) is 5.82 Å². The predicted octanol–water partition coefficient (Wildman–Crippen LogP) is 4.11. The smallest absolute Gasteiger partial charge is 0.230 e. The molecule has 188 valence electrons. The molecule has 36 heavy (non-hydrogen) atoms. The molecule has 10 heteroatoms. The summed E-state index contributed by atoms with van der Waals surface area (Å²) in [5.41, 5.74) is 2.55. The van der Waals surface area contributed by atoms with Crippen LogP contribution in [-0.2, 0) is 17.8 Å². The van der Waals surface area contributed by atoms with Gasteiger partial charge in [-0.3, -0.25) is 4.79 Å². The second kappa shape index (κ2) is 9.78. The number of nitrogens with zero attached hydrogens (tertiary/aromatic N) is 6. The highest BCUT2D eigenvalue weighted by atomic mass is 35.5. The van der Waals surface area contributed by atoms with E-state index >= 15 is 0 Å². The van der Waals surface area contributed by atoms with Crippen molar-refractivity contribution in [2.75, 3.05) is 42.9 Å². The number of hydrogen-bond acceptors (Lipinski definition) is 6. The van der Waals surface area contributed by atoms with Crippen LogP contribution in [0.3, 0.4) is 0 Å². The fraction of sp³-hybridized carbons (Fsp3) is 0.462. The quantitative estimate of drug-likeness (QED) is 0.539. The van der Waals surface area contributed by atoms with Crippen molar-refractivity contribution in [1.82, 2.24) is 24.4 Å². The maximum absolute atomic E-state index is 13.8. The van der Waals surface area contributed by atoms with E-state index in [9.17, 15) is 9.18 Å². The number of likely N-dealkylation sites (tertiary alicyclic amines) is 1. The van der Waals surface area contributed by atoms with Crippen molar-refractivity contribution in [3.8, 4) is 11.3 Å². The normalized spacial score (nSPS) is 18.6. The van der Waals surface area contributed by atoms with E-state index in [1.54, 1.807) is 12.1 Å². The van der Waals surface area contributed by atoms with Crippen LogP contribution >= 0.6 is 11.6 Å². The molecule has 1 N–H and O–H groups in total. The second-order valence-electron chi connectivity index (χ2n) is 9.87. The van der Waals surface area contributed by atoms with E-state index in [-0.39, 0.29) is 10.9 Å². The van der Waals surface area contributed by atoms with Gasteiger partial charge in [0, 0.05) is 49.4 Å². The molecular formula is C26H29ClFN7O. The minimum absolute atomic E-state index is 0.0323. The van der Waals surface area contributed by atoms with Crippen molar-refractivity contribution in [3.63, 3.8) is 0 Å². The molecule has 3 aromatic rings. The zero-order valence-electron chi connectivity index (χ0n) is 20.1. The van der Waals surface area contributed by atoms with Crippen LogP contribution in [0.15, 0.2) is 30.7 Å². The summed E-state index contributed by atoms with van der Waals surface area (Å²) in [6.45, 7) is 5.86. The van der Waals surface area contributed by atoms with E-state index in [2.05, 4.69) is 35.8 Å². The van der Waals surface area contributed by atoms with Gasteiger partial charge >= 0.3 is 0 Å². The maximum Gasteiger partial charge on any atom is 0.230 e. The number of anilines is 2. The van der Waals surface area contributed by atoms with Gasteiger partial charge in [-0.15, -0.1) is 0 Å². The lowest BCUT2D eigenvalue weighted by molar-refractivity contribution is -0.115. The molecule has 3 aliphatic heterocycles. The molecular weight excluding hydrogens is 481 g/mol. The van der Waals surface area contributed by atoms with Crippen LogP contribution < -0.4 is 10.2 Å². The molecule has 0 atom stereocenters. The molecule has 0 spiro atoms. The summed E-state index contributed by atoms with van der Waals surface area (Å²) in [6, 6.07) is 4.80. The van der Waals surface area contributed by atoms with Crippen LogP contribution in [0.5, 0.6) is 0 Å². The Labute approximate surface area is 214 Å². The van der Waals surface area contributed by atoms with Gasteiger partial charge in [-0.05, 0) is 57.0 Å². The standard InChI is InChI=1S/C26H29ClFN7O/c27-20-13-18(3-4-21(20)28)22-15-35(12-11-33-7-1-2-8-33)25(31-22)17-5-9-34(10-6-17)26-19-14-23(36)32-24(19)29-16-30-26/h3-4,13,15-17H,1-2,5-12,14H2,(H,29,30,32,36). The van der Waals surface area contributed by atoms with Crippen molar-refractivity contribution >= 4 is 29.1 Å². The first kappa shape index (κ1) is 23.4. The largest absolute Gasteiger partial charge is 0.356 e. The molecule has 0 saturated carbocycles. The zero-order valence-corrected chi connectivity index (χ0v) is 20.8. The third-order valence-corrected chi connectivity index (χ3v) is 7.85. The Hall–Kier alpha value is -3.04. The van der Waals surface area contributed by atoms with Gasteiger partial charge in [0.2, 0.25) is 5.91 Å². The molecule has 1 aromatic carbocycles. The predicted molar refractivity (Wildman–Crippen MR) is 137 cm³/mol. The number of amides is 1. The fourth-order valence-corrected chi connectivity index (χ4v) is 5.80. The minimum atomic E-state index is -0.422. The van der Waals surface area contributed by atoms with Gasteiger partial charge in [-0.25, -0.2) is 19.3 Å². The molecule has 8 nitrogen and oxygen atoms in total. The third kappa shape index (κ3) is 4.57. The summed E-state index contributed by atoms with van der Waals surface area (Å²) in [6.07, 6.45) is 8.35. The Bertz CT molecular complexity index is 1280. The summed E-state index contributed by atoms with van der Waals surface area (Å²) in [7, 11) is 0. The Morgan fingerprint density at radius 3 is 2.67 bits per heavy atom. The molecule has 2 fully saturated rings. The highest BCUT2D eigenvalue weighted by Gasteiger charge is 2.30. The van der Waals surface area contributed by atoms with Gasteiger partial charge in [-0.2, -0.15) is 0 Å². The first-order chi connectivity index (χ1) is 17.5. The van der Waals surface area contributed by atoms with Gasteiger partial charge in [0.15, 0.2) is 0 Å². The van der Waals surface area contributed by atoms with E-state index in [4.69, 9.17) is 16.6 Å². The summed E-state index contributed by atoms with van der Waals surface area (Å²) in [5.74, 6) is 2.42. The molecule has 3 aliphatic rings. The number of hydrogen-bond donors (Lipinski definition) is 1. The van der Waals surface area contributed by atoms with E-state index in [1.807, 2.05) is 0 Å². The molecule has 1 amide bonds. The van der Waals surface area contributed by atoms with Gasteiger partial charge in [0.25, 0.3) is 0 Å². The third-order valence-electron chi connectivity index (χ3n) is 7.56. The minimum Gasteiger partial charge on any atom is -0.356 e. The number of fused-ring (bicyclic) bond motifs is 1. The van der Waals surface area contributed by atoms with E-state index in [1.165, 1.54) is 25.2 Å². The lowest BCUT2D eigenvalue weighted by Crippen LogP contribution is -2.35. The Balaban J connectivity index is 1.23. The van der Waals surface area contributed by atoms with Crippen LogP contribution in [0.1, 0.15) is 43.0 Å².